The second-order valence-corrected chi connectivity index (χ2v) is 7.85. The van der Waals surface area contributed by atoms with Crippen molar-refractivity contribution in [2.75, 3.05) is 37.8 Å². The van der Waals surface area contributed by atoms with Crippen molar-refractivity contribution in [2.45, 2.75) is 13.3 Å². The summed E-state index contributed by atoms with van der Waals surface area (Å²) in [4.78, 5) is 11.5. The Labute approximate surface area is 175 Å². The molecule has 1 aromatic heterocycles. The molecule has 0 bridgehead atoms. The Morgan fingerprint density at radius 1 is 1.00 bits per heavy atom. The Hall–Kier alpha value is -2.44. The highest BCUT2D eigenvalue weighted by atomic mass is 79.9. The lowest BCUT2D eigenvalue weighted by atomic mass is 10.1. The van der Waals surface area contributed by atoms with Crippen molar-refractivity contribution in [3.63, 3.8) is 0 Å². The molecule has 0 aliphatic carbocycles. The fourth-order valence-corrected chi connectivity index (χ4v) is 3.06. The Bertz CT molecular complexity index is 912. The molecular formula is C22H26BrN5. The van der Waals surface area contributed by atoms with Crippen LogP contribution in [0.3, 0.4) is 0 Å². The first-order valence-corrected chi connectivity index (χ1v) is 10.2. The molecule has 0 atom stereocenters. The number of rotatable bonds is 8. The third-order valence-electron chi connectivity index (χ3n) is 4.29. The summed E-state index contributed by atoms with van der Waals surface area (Å²) in [7, 11) is 4.16. The molecule has 0 saturated heterocycles. The van der Waals surface area contributed by atoms with E-state index in [1.54, 1.807) is 0 Å². The van der Waals surface area contributed by atoms with E-state index in [-0.39, 0.29) is 0 Å². The average molecular weight is 440 g/mol. The Morgan fingerprint density at radius 2 is 1.79 bits per heavy atom. The zero-order chi connectivity index (χ0) is 19.9. The summed E-state index contributed by atoms with van der Waals surface area (Å²) in [6.07, 6.45) is 1.03. The highest BCUT2D eigenvalue weighted by molar-refractivity contribution is 9.10. The summed E-state index contributed by atoms with van der Waals surface area (Å²) in [6, 6.07) is 18.3. The first kappa shape index (κ1) is 20.3. The lowest BCUT2D eigenvalue weighted by Crippen LogP contribution is -2.17. The fourth-order valence-electron chi connectivity index (χ4n) is 2.81. The van der Waals surface area contributed by atoms with Gasteiger partial charge >= 0.3 is 0 Å². The van der Waals surface area contributed by atoms with Crippen LogP contribution in [-0.4, -0.2) is 42.1 Å². The monoisotopic (exact) mass is 439 g/mol. The molecule has 0 spiro atoms. The first-order chi connectivity index (χ1) is 13.5. The van der Waals surface area contributed by atoms with Crippen LogP contribution >= 0.6 is 15.9 Å². The van der Waals surface area contributed by atoms with E-state index in [1.807, 2.05) is 36.4 Å². The molecule has 0 aliphatic rings. The van der Waals surface area contributed by atoms with Crippen LogP contribution in [0, 0.1) is 6.92 Å². The van der Waals surface area contributed by atoms with Gasteiger partial charge in [-0.05, 0) is 57.7 Å². The van der Waals surface area contributed by atoms with Crippen molar-refractivity contribution in [3.05, 3.63) is 64.6 Å². The van der Waals surface area contributed by atoms with Crippen LogP contribution in [0.4, 0.5) is 17.5 Å². The van der Waals surface area contributed by atoms with Gasteiger partial charge in [-0.3, -0.25) is 0 Å². The number of anilines is 3. The predicted octanol–water partition coefficient (Wildman–Crippen LogP) is 5.32. The molecule has 0 radical (unpaired) electrons. The highest BCUT2D eigenvalue weighted by Gasteiger charge is 2.08. The molecule has 0 aliphatic heterocycles. The number of hydrogen-bond acceptors (Lipinski definition) is 5. The molecular weight excluding hydrogens is 414 g/mol. The van der Waals surface area contributed by atoms with E-state index in [0.29, 0.717) is 5.95 Å². The van der Waals surface area contributed by atoms with Gasteiger partial charge in [0.15, 0.2) is 0 Å². The molecule has 146 valence electrons. The van der Waals surface area contributed by atoms with Crippen LogP contribution in [0.15, 0.2) is 59.1 Å². The van der Waals surface area contributed by atoms with Crippen molar-refractivity contribution in [1.29, 1.82) is 0 Å². The van der Waals surface area contributed by atoms with Gasteiger partial charge in [0, 0.05) is 28.3 Å². The predicted molar refractivity (Wildman–Crippen MR) is 121 cm³/mol. The molecule has 0 saturated carbocycles. The van der Waals surface area contributed by atoms with Gasteiger partial charge in [0.05, 0.1) is 5.69 Å². The number of nitrogens with one attached hydrogen (secondary N) is 2. The zero-order valence-corrected chi connectivity index (χ0v) is 18.1. The molecule has 0 amide bonds. The van der Waals surface area contributed by atoms with E-state index in [2.05, 4.69) is 75.7 Å². The lowest BCUT2D eigenvalue weighted by Gasteiger charge is -2.13. The zero-order valence-electron chi connectivity index (χ0n) is 16.5. The van der Waals surface area contributed by atoms with E-state index >= 15 is 0 Å². The topological polar surface area (TPSA) is 53.1 Å². The molecule has 28 heavy (non-hydrogen) atoms. The molecule has 1 heterocycles. The average Bonchev–Trinajstić information content (AvgIpc) is 2.68. The molecule has 6 heteroatoms. The van der Waals surface area contributed by atoms with Gasteiger partial charge in [-0.1, -0.05) is 46.3 Å². The number of hydrogen-bond donors (Lipinski definition) is 2. The molecule has 2 aromatic carbocycles. The number of halogens is 1. The van der Waals surface area contributed by atoms with Crippen molar-refractivity contribution in [1.82, 2.24) is 14.9 Å². The standard InChI is InChI=1S/C22H26BrN5/c1-16-14-18(10-11-19(16)23)25-21-15-20(17-8-5-4-6-9-17)26-22(27-21)24-12-7-13-28(2)3/h4-6,8-11,14-15H,7,12-13H2,1-3H3,(H2,24,25,26,27). The summed E-state index contributed by atoms with van der Waals surface area (Å²) < 4.78 is 1.09. The van der Waals surface area contributed by atoms with Crippen molar-refractivity contribution >= 4 is 33.4 Å². The Morgan fingerprint density at radius 3 is 2.50 bits per heavy atom. The maximum Gasteiger partial charge on any atom is 0.225 e. The van der Waals surface area contributed by atoms with Gasteiger partial charge in [-0.15, -0.1) is 0 Å². The second kappa shape index (κ2) is 9.66. The summed E-state index contributed by atoms with van der Waals surface area (Å²) in [5, 5.41) is 6.77. The van der Waals surface area contributed by atoms with Crippen LogP contribution in [-0.2, 0) is 0 Å². The smallest absolute Gasteiger partial charge is 0.225 e. The van der Waals surface area contributed by atoms with Crippen molar-refractivity contribution in [3.8, 4) is 11.3 Å². The summed E-state index contributed by atoms with van der Waals surface area (Å²) in [6.45, 7) is 3.92. The van der Waals surface area contributed by atoms with E-state index in [4.69, 9.17) is 4.98 Å². The molecule has 0 unspecified atom stereocenters. The van der Waals surface area contributed by atoms with Gasteiger partial charge in [0.2, 0.25) is 5.95 Å². The molecule has 5 nitrogen and oxygen atoms in total. The quantitative estimate of drug-likeness (QED) is 0.465. The Kier molecular flexibility index (Phi) is 7.01. The summed E-state index contributed by atoms with van der Waals surface area (Å²) in [5.41, 5.74) is 4.12. The summed E-state index contributed by atoms with van der Waals surface area (Å²) in [5.74, 6) is 1.40. The molecule has 3 aromatic rings. The van der Waals surface area contributed by atoms with Crippen LogP contribution < -0.4 is 10.6 Å². The van der Waals surface area contributed by atoms with Gasteiger partial charge < -0.3 is 15.5 Å². The van der Waals surface area contributed by atoms with Crippen LogP contribution in [0.1, 0.15) is 12.0 Å². The first-order valence-electron chi connectivity index (χ1n) is 9.37. The maximum absolute atomic E-state index is 4.71. The fraction of sp³-hybridized carbons (Fsp3) is 0.273. The van der Waals surface area contributed by atoms with E-state index in [9.17, 15) is 0 Å². The lowest BCUT2D eigenvalue weighted by molar-refractivity contribution is 0.405. The van der Waals surface area contributed by atoms with E-state index < -0.39 is 0 Å². The minimum atomic E-state index is 0.636. The van der Waals surface area contributed by atoms with Gasteiger partial charge in [0.1, 0.15) is 5.82 Å². The van der Waals surface area contributed by atoms with Crippen molar-refractivity contribution < 1.29 is 0 Å². The largest absolute Gasteiger partial charge is 0.354 e. The van der Waals surface area contributed by atoms with Gasteiger partial charge in [-0.25, -0.2) is 4.98 Å². The third-order valence-corrected chi connectivity index (χ3v) is 5.18. The number of benzene rings is 2. The minimum absolute atomic E-state index is 0.636. The van der Waals surface area contributed by atoms with Crippen LogP contribution in [0.5, 0.6) is 0 Å². The van der Waals surface area contributed by atoms with Crippen LogP contribution in [0.2, 0.25) is 0 Å². The highest BCUT2D eigenvalue weighted by Crippen LogP contribution is 2.26. The van der Waals surface area contributed by atoms with Gasteiger partial charge in [0.25, 0.3) is 0 Å². The maximum atomic E-state index is 4.71. The number of aromatic nitrogens is 2. The minimum Gasteiger partial charge on any atom is -0.354 e. The SMILES string of the molecule is Cc1cc(Nc2cc(-c3ccccc3)nc(NCCCN(C)C)n2)ccc1Br. The van der Waals surface area contributed by atoms with E-state index in [0.717, 1.165) is 46.7 Å². The summed E-state index contributed by atoms with van der Waals surface area (Å²) >= 11 is 3.55. The van der Waals surface area contributed by atoms with Crippen LogP contribution in [0.25, 0.3) is 11.3 Å². The van der Waals surface area contributed by atoms with Gasteiger partial charge in [-0.2, -0.15) is 4.98 Å². The van der Waals surface area contributed by atoms with E-state index in [1.165, 1.54) is 5.56 Å². The Balaban J connectivity index is 1.85. The third kappa shape index (κ3) is 5.78. The molecule has 2 N–H and O–H groups in total. The number of aryl methyl sites for hydroxylation is 1. The molecule has 0 fully saturated rings. The normalized spacial score (nSPS) is 10.9. The van der Waals surface area contributed by atoms with Crippen molar-refractivity contribution in [2.24, 2.45) is 0 Å². The number of nitrogens with zero attached hydrogens (tertiary/aromatic N) is 3. The molecule has 3 rings (SSSR count). The second-order valence-electron chi connectivity index (χ2n) is 7.00.